The van der Waals surface area contributed by atoms with Crippen LogP contribution >= 0.6 is 0 Å². The van der Waals surface area contributed by atoms with Crippen molar-refractivity contribution >= 4 is 5.91 Å². The molecule has 2 unspecified atom stereocenters. The van der Waals surface area contributed by atoms with Crippen molar-refractivity contribution in [2.75, 3.05) is 6.54 Å². The lowest BCUT2D eigenvalue weighted by molar-refractivity contribution is -0.135. The van der Waals surface area contributed by atoms with Crippen LogP contribution in [-0.2, 0) is 11.2 Å². The molecule has 1 saturated heterocycles. The average Bonchev–Trinajstić information content (AvgIpc) is 3.23. The van der Waals surface area contributed by atoms with E-state index in [9.17, 15) is 4.79 Å². The number of nitrogens with two attached hydrogens (primary N) is 1. The van der Waals surface area contributed by atoms with Gasteiger partial charge in [-0.2, -0.15) is 4.98 Å². The first-order valence-electron chi connectivity index (χ1n) is 8.05. The quantitative estimate of drug-likeness (QED) is 0.905. The highest BCUT2D eigenvalue weighted by Crippen LogP contribution is 2.21. The number of likely N-dealkylation sites (tertiary alicyclic amines) is 1. The number of nitrogens with zero attached hydrogens (tertiary/aromatic N) is 3. The molecule has 1 aliphatic heterocycles. The summed E-state index contributed by atoms with van der Waals surface area (Å²) in [5.41, 5.74) is 6.78. The molecule has 2 aromatic heterocycles. The van der Waals surface area contributed by atoms with Gasteiger partial charge in [-0.3, -0.25) is 4.79 Å². The molecule has 0 bridgehead atoms. The second-order valence-corrected chi connectivity index (χ2v) is 6.03. The van der Waals surface area contributed by atoms with Crippen LogP contribution in [0.3, 0.4) is 0 Å². The number of hydrogen-bond donors (Lipinski definition) is 1. The summed E-state index contributed by atoms with van der Waals surface area (Å²) in [5.74, 6) is 1.05. The van der Waals surface area contributed by atoms with Gasteiger partial charge in [-0.1, -0.05) is 5.16 Å². The first-order valence-corrected chi connectivity index (χ1v) is 8.05. The van der Waals surface area contributed by atoms with Crippen LogP contribution in [-0.4, -0.2) is 39.6 Å². The largest absolute Gasteiger partial charge is 0.472 e. The lowest BCUT2D eigenvalue weighted by atomic mass is 9.96. The van der Waals surface area contributed by atoms with Gasteiger partial charge >= 0.3 is 0 Å². The summed E-state index contributed by atoms with van der Waals surface area (Å²) in [5, 5.41) is 3.90. The SMILES string of the molecule is CC(N)C1CCCCN1C(=O)CCc1nc(-c2ccoc2)no1. The number of amides is 1. The Morgan fingerprint density at radius 1 is 1.52 bits per heavy atom. The van der Waals surface area contributed by atoms with E-state index < -0.39 is 0 Å². The number of carbonyl (C=O) groups is 1. The highest BCUT2D eigenvalue weighted by atomic mass is 16.5. The predicted molar refractivity (Wildman–Crippen MR) is 83.3 cm³/mol. The molecule has 0 radical (unpaired) electrons. The average molecular weight is 318 g/mol. The van der Waals surface area contributed by atoms with E-state index in [1.807, 2.05) is 11.8 Å². The fourth-order valence-electron chi connectivity index (χ4n) is 3.04. The molecule has 1 amide bonds. The smallest absolute Gasteiger partial charge is 0.227 e. The van der Waals surface area contributed by atoms with Crippen LogP contribution in [0.25, 0.3) is 11.4 Å². The van der Waals surface area contributed by atoms with Crippen molar-refractivity contribution < 1.29 is 13.7 Å². The lowest BCUT2D eigenvalue weighted by Crippen LogP contribution is -2.51. The van der Waals surface area contributed by atoms with E-state index in [-0.39, 0.29) is 18.0 Å². The van der Waals surface area contributed by atoms with Crippen LogP contribution in [0, 0.1) is 0 Å². The van der Waals surface area contributed by atoms with Crippen molar-refractivity contribution in [2.45, 2.75) is 51.1 Å². The van der Waals surface area contributed by atoms with E-state index in [1.54, 1.807) is 18.6 Å². The Balaban J connectivity index is 1.58. The molecule has 0 saturated carbocycles. The maximum Gasteiger partial charge on any atom is 0.227 e. The van der Waals surface area contributed by atoms with E-state index in [2.05, 4.69) is 10.1 Å². The predicted octanol–water partition coefficient (Wildman–Crippen LogP) is 1.99. The molecule has 2 aromatic rings. The topological polar surface area (TPSA) is 98.4 Å². The monoisotopic (exact) mass is 318 g/mol. The molecule has 3 rings (SSSR count). The number of piperidine rings is 1. The number of aryl methyl sites for hydroxylation is 1. The Hall–Kier alpha value is -2.15. The van der Waals surface area contributed by atoms with E-state index in [4.69, 9.17) is 14.7 Å². The first-order chi connectivity index (χ1) is 11.1. The van der Waals surface area contributed by atoms with Gasteiger partial charge in [-0.15, -0.1) is 0 Å². The lowest BCUT2D eigenvalue weighted by Gasteiger charge is -2.38. The van der Waals surface area contributed by atoms with E-state index in [0.29, 0.717) is 24.6 Å². The van der Waals surface area contributed by atoms with Gasteiger partial charge in [0.2, 0.25) is 17.6 Å². The van der Waals surface area contributed by atoms with Gasteiger partial charge in [0.25, 0.3) is 0 Å². The maximum absolute atomic E-state index is 12.5. The summed E-state index contributed by atoms with van der Waals surface area (Å²) in [6.07, 6.45) is 7.06. The highest BCUT2D eigenvalue weighted by Gasteiger charge is 2.29. The highest BCUT2D eigenvalue weighted by molar-refractivity contribution is 5.77. The third-order valence-electron chi connectivity index (χ3n) is 4.28. The summed E-state index contributed by atoms with van der Waals surface area (Å²) in [6, 6.07) is 1.90. The molecule has 1 aliphatic rings. The fraction of sp³-hybridized carbons (Fsp3) is 0.562. The minimum absolute atomic E-state index is 0.00431. The zero-order chi connectivity index (χ0) is 16.2. The van der Waals surface area contributed by atoms with Gasteiger partial charge in [0.15, 0.2) is 0 Å². The number of furan rings is 1. The number of hydrogen-bond acceptors (Lipinski definition) is 6. The van der Waals surface area contributed by atoms with Gasteiger partial charge in [0.05, 0.1) is 11.8 Å². The van der Waals surface area contributed by atoms with Crippen molar-refractivity contribution in [2.24, 2.45) is 5.73 Å². The number of carbonyl (C=O) groups excluding carboxylic acids is 1. The first kappa shape index (κ1) is 15.7. The molecule has 0 aromatic carbocycles. The second-order valence-electron chi connectivity index (χ2n) is 6.03. The van der Waals surface area contributed by atoms with Crippen molar-refractivity contribution in [3.05, 3.63) is 24.5 Å². The molecular weight excluding hydrogens is 296 g/mol. The Morgan fingerprint density at radius 2 is 2.39 bits per heavy atom. The van der Waals surface area contributed by atoms with Crippen molar-refractivity contribution in [3.8, 4) is 11.4 Å². The fourth-order valence-corrected chi connectivity index (χ4v) is 3.04. The summed E-state index contributed by atoms with van der Waals surface area (Å²) in [4.78, 5) is 18.7. The molecular formula is C16H22N4O3. The van der Waals surface area contributed by atoms with E-state index in [0.717, 1.165) is 31.4 Å². The minimum atomic E-state index is -0.00431. The summed E-state index contributed by atoms with van der Waals surface area (Å²) < 4.78 is 10.2. The van der Waals surface area contributed by atoms with Crippen molar-refractivity contribution in [3.63, 3.8) is 0 Å². The summed E-state index contributed by atoms with van der Waals surface area (Å²) in [7, 11) is 0. The normalized spacial score (nSPS) is 19.7. The van der Waals surface area contributed by atoms with Gasteiger partial charge in [-0.05, 0) is 32.3 Å². The molecule has 23 heavy (non-hydrogen) atoms. The minimum Gasteiger partial charge on any atom is -0.472 e. The van der Waals surface area contributed by atoms with Crippen LogP contribution in [0.5, 0.6) is 0 Å². The molecule has 0 aliphatic carbocycles. The third kappa shape index (κ3) is 3.61. The zero-order valence-corrected chi connectivity index (χ0v) is 13.3. The molecule has 3 heterocycles. The zero-order valence-electron chi connectivity index (χ0n) is 13.3. The second kappa shape index (κ2) is 6.95. The standard InChI is InChI=1S/C16H22N4O3/c1-11(17)13-4-2-3-8-20(13)15(21)6-5-14-18-16(19-23-14)12-7-9-22-10-12/h7,9-11,13H,2-6,8,17H2,1H3. The molecule has 7 nitrogen and oxygen atoms in total. The molecule has 7 heteroatoms. The Labute approximate surface area is 134 Å². The van der Waals surface area contributed by atoms with Crippen LogP contribution in [0.2, 0.25) is 0 Å². The third-order valence-corrected chi connectivity index (χ3v) is 4.28. The molecule has 1 fully saturated rings. The molecule has 2 N–H and O–H groups in total. The number of aromatic nitrogens is 2. The van der Waals surface area contributed by atoms with Gasteiger partial charge in [0.1, 0.15) is 6.26 Å². The molecule has 2 atom stereocenters. The van der Waals surface area contributed by atoms with Crippen LogP contribution in [0.4, 0.5) is 0 Å². The van der Waals surface area contributed by atoms with Crippen LogP contribution in [0.15, 0.2) is 27.5 Å². The summed E-state index contributed by atoms with van der Waals surface area (Å²) in [6.45, 7) is 2.75. The van der Waals surface area contributed by atoms with Crippen molar-refractivity contribution in [1.82, 2.24) is 15.0 Å². The van der Waals surface area contributed by atoms with E-state index in [1.165, 1.54) is 0 Å². The van der Waals surface area contributed by atoms with Crippen molar-refractivity contribution in [1.29, 1.82) is 0 Å². The Kier molecular flexibility index (Phi) is 4.76. The van der Waals surface area contributed by atoms with Gasteiger partial charge in [-0.25, -0.2) is 0 Å². The Bertz CT molecular complexity index is 636. The number of rotatable bonds is 5. The van der Waals surface area contributed by atoms with Gasteiger partial charge in [0, 0.05) is 31.5 Å². The van der Waals surface area contributed by atoms with Crippen LogP contribution < -0.4 is 5.73 Å². The Morgan fingerprint density at radius 3 is 3.13 bits per heavy atom. The molecule has 124 valence electrons. The van der Waals surface area contributed by atoms with E-state index >= 15 is 0 Å². The summed E-state index contributed by atoms with van der Waals surface area (Å²) >= 11 is 0. The van der Waals surface area contributed by atoms with Crippen LogP contribution in [0.1, 0.15) is 38.5 Å². The molecule has 0 spiro atoms. The maximum atomic E-state index is 12.5. The van der Waals surface area contributed by atoms with Gasteiger partial charge < -0.3 is 19.6 Å².